The minimum Gasteiger partial charge on any atom is -0.349 e. The van der Waals surface area contributed by atoms with E-state index in [-0.39, 0.29) is 0 Å². The fraction of sp³-hybridized carbons (Fsp3) is 0.455. The van der Waals surface area contributed by atoms with Gasteiger partial charge >= 0.3 is 0 Å². The van der Waals surface area contributed by atoms with Gasteiger partial charge in [-0.05, 0) is 19.2 Å². The molecular weight excluding hydrogens is 333 g/mol. The number of benzene rings is 1. The molecule has 0 saturated heterocycles. The molecule has 0 radical (unpaired) electrons. The van der Waals surface area contributed by atoms with E-state index in [9.17, 15) is 0 Å². The van der Waals surface area contributed by atoms with Crippen LogP contribution in [0, 0.1) is 0 Å². The van der Waals surface area contributed by atoms with Crippen LogP contribution in [-0.4, -0.2) is 35.8 Å². The van der Waals surface area contributed by atoms with Crippen molar-refractivity contribution in [3.8, 4) is 0 Å². The summed E-state index contributed by atoms with van der Waals surface area (Å²) in [7, 11) is 4.23. The Balaban J connectivity index is 1.92. The SMILES string of the molecule is CN(I)CCNC1Sc2ccccc2N1C. The fourth-order valence-corrected chi connectivity index (χ4v) is 3.14. The smallest absolute Gasteiger partial charge is 0.132 e. The van der Waals surface area contributed by atoms with Crippen LogP contribution in [0.2, 0.25) is 0 Å². The first-order chi connectivity index (χ1) is 7.68. The molecule has 3 nitrogen and oxygen atoms in total. The number of para-hydroxylation sites is 1. The van der Waals surface area contributed by atoms with E-state index < -0.39 is 0 Å². The summed E-state index contributed by atoms with van der Waals surface area (Å²) in [5.41, 5.74) is 1.70. The number of anilines is 1. The number of likely N-dealkylation sites (N-methyl/N-ethyl adjacent to an activating group) is 1. The predicted molar refractivity (Wildman–Crippen MR) is 79.1 cm³/mol. The van der Waals surface area contributed by atoms with Crippen LogP contribution >= 0.6 is 34.6 Å². The van der Waals surface area contributed by atoms with Crippen molar-refractivity contribution >= 4 is 40.3 Å². The highest BCUT2D eigenvalue weighted by Crippen LogP contribution is 2.40. The highest BCUT2D eigenvalue weighted by atomic mass is 127. The molecule has 0 spiro atoms. The first-order valence-corrected chi connectivity index (χ1v) is 7.12. The Morgan fingerprint density at radius 2 is 2.25 bits per heavy atom. The average Bonchev–Trinajstić information content (AvgIpc) is 2.56. The molecule has 16 heavy (non-hydrogen) atoms. The van der Waals surface area contributed by atoms with Crippen LogP contribution in [0.3, 0.4) is 0 Å². The van der Waals surface area contributed by atoms with E-state index in [4.69, 9.17) is 0 Å². The second-order valence-corrected chi connectivity index (χ2v) is 6.60. The van der Waals surface area contributed by atoms with E-state index in [0.29, 0.717) is 5.50 Å². The first kappa shape index (κ1) is 12.5. The van der Waals surface area contributed by atoms with Gasteiger partial charge in [0.1, 0.15) is 5.50 Å². The summed E-state index contributed by atoms with van der Waals surface area (Å²) >= 11 is 4.20. The maximum Gasteiger partial charge on any atom is 0.132 e. The van der Waals surface area contributed by atoms with E-state index in [0.717, 1.165) is 13.1 Å². The van der Waals surface area contributed by atoms with Crippen LogP contribution in [0.15, 0.2) is 29.2 Å². The topological polar surface area (TPSA) is 18.5 Å². The minimum atomic E-state index is 0.369. The summed E-state index contributed by atoms with van der Waals surface area (Å²) in [4.78, 5) is 3.66. The van der Waals surface area contributed by atoms with Gasteiger partial charge < -0.3 is 4.90 Å². The van der Waals surface area contributed by atoms with Crippen LogP contribution in [0.4, 0.5) is 5.69 Å². The Morgan fingerprint density at radius 1 is 1.50 bits per heavy atom. The second-order valence-electron chi connectivity index (χ2n) is 3.83. The molecule has 1 aromatic carbocycles. The summed E-state index contributed by atoms with van der Waals surface area (Å²) in [5, 5.41) is 3.55. The Hall–Kier alpha value is 0.0200. The number of nitrogens with zero attached hydrogens (tertiary/aromatic N) is 2. The molecule has 0 saturated carbocycles. The average molecular weight is 349 g/mol. The minimum absolute atomic E-state index is 0.369. The van der Waals surface area contributed by atoms with Crippen molar-refractivity contribution in [1.82, 2.24) is 8.43 Å². The van der Waals surface area contributed by atoms with Gasteiger partial charge in [0, 0.05) is 47.9 Å². The molecule has 1 aliphatic rings. The molecule has 1 heterocycles. The summed E-state index contributed by atoms with van der Waals surface area (Å²) in [6.45, 7) is 2.07. The summed E-state index contributed by atoms with van der Waals surface area (Å²) in [6.07, 6.45) is 0. The highest BCUT2D eigenvalue weighted by molar-refractivity contribution is 14.1. The molecule has 1 aromatic rings. The predicted octanol–water partition coefficient (Wildman–Crippen LogP) is 2.38. The lowest BCUT2D eigenvalue weighted by atomic mass is 10.3. The van der Waals surface area contributed by atoms with Crippen molar-refractivity contribution < 1.29 is 0 Å². The van der Waals surface area contributed by atoms with Crippen LogP contribution in [0.5, 0.6) is 0 Å². The number of nitrogens with one attached hydrogen (secondary N) is 1. The summed E-state index contributed by atoms with van der Waals surface area (Å²) < 4.78 is 2.16. The first-order valence-electron chi connectivity index (χ1n) is 5.27. The number of rotatable bonds is 4. The lowest BCUT2D eigenvalue weighted by Crippen LogP contribution is -2.40. The number of fused-ring (bicyclic) bond motifs is 1. The third-order valence-electron chi connectivity index (χ3n) is 2.57. The van der Waals surface area contributed by atoms with Gasteiger partial charge in [0.25, 0.3) is 0 Å². The Morgan fingerprint density at radius 3 is 2.94 bits per heavy atom. The van der Waals surface area contributed by atoms with Crippen molar-refractivity contribution in [1.29, 1.82) is 0 Å². The fourth-order valence-electron chi connectivity index (χ4n) is 1.69. The highest BCUT2D eigenvalue weighted by Gasteiger charge is 2.25. The number of hydrogen-bond donors (Lipinski definition) is 1. The molecule has 1 N–H and O–H groups in total. The lowest BCUT2D eigenvalue weighted by Gasteiger charge is -2.23. The van der Waals surface area contributed by atoms with Crippen LogP contribution in [0.25, 0.3) is 0 Å². The maximum atomic E-state index is 3.55. The van der Waals surface area contributed by atoms with Gasteiger partial charge in [-0.3, -0.25) is 5.32 Å². The standard InChI is InChI=1S/C11H16IN3S/c1-14(12)8-7-13-11-15(2)9-5-3-4-6-10(9)16-11/h3-6,11,13H,7-8H2,1-2H3. The summed E-state index contributed by atoms with van der Waals surface area (Å²) in [5.74, 6) is 0. The molecule has 0 amide bonds. The molecule has 2 rings (SSSR count). The van der Waals surface area contributed by atoms with Crippen molar-refractivity contribution in [3.05, 3.63) is 24.3 Å². The Labute approximate surface area is 115 Å². The van der Waals surface area contributed by atoms with Gasteiger partial charge in [-0.1, -0.05) is 23.9 Å². The van der Waals surface area contributed by atoms with Gasteiger partial charge in [-0.15, -0.1) is 0 Å². The van der Waals surface area contributed by atoms with Crippen LogP contribution in [-0.2, 0) is 0 Å². The lowest BCUT2D eigenvalue weighted by molar-refractivity contribution is 0.545. The number of halogens is 1. The van der Waals surface area contributed by atoms with Crippen molar-refractivity contribution in [3.63, 3.8) is 0 Å². The molecule has 0 aliphatic carbocycles. The molecule has 88 valence electrons. The zero-order valence-corrected chi connectivity index (χ0v) is 12.5. The van der Waals surface area contributed by atoms with Gasteiger partial charge in [-0.2, -0.15) is 0 Å². The Kier molecular flexibility index (Phi) is 4.34. The van der Waals surface area contributed by atoms with Crippen LogP contribution < -0.4 is 10.2 Å². The van der Waals surface area contributed by atoms with Gasteiger partial charge in [0.2, 0.25) is 0 Å². The normalized spacial score (nSPS) is 19.2. The van der Waals surface area contributed by atoms with E-state index in [1.54, 1.807) is 0 Å². The molecule has 0 aromatic heterocycles. The molecular formula is C11H16IN3S. The van der Waals surface area contributed by atoms with Crippen LogP contribution in [0.1, 0.15) is 0 Å². The Bertz CT molecular complexity index is 359. The monoisotopic (exact) mass is 349 g/mol. The third kappa shape index (κ3) is 2.82. The molecule has 0 fully saturated rings. The molecule has 1 unspecified atom stereocenters. The van der Waals surface area contributed by atoms with E-state index >= 15 is 0 Å². The zero-order valence-electron chi connectivity index (χ0n) is 9.48. The van der Waals surface area contributed by atoms with Gasteiger partial charge in [0.05, 0.1) is 5.69 Å². The molecule has 5 heteroatoms. The van der Waals surface area contributed by atoms with Crippen molar-refractivity contribution in [2.45, 2.75) is 10.4 Å². The number of hydrogen-bond acceptors (Lipinski definition) is 4. The maximum absolute atomic E-state index is 3.55. The largest absolute Gasteiger partial charge is 0.349 e. The van der Waals surface area contributed by atoms with Crippen molar-refractivity contribution in [2.75, 3.05) is 32.1 Å². The van der Waals surface area contributed by atoms with Gasteiger partial charge in [0.15, 0.2) is 0 Å². The van der Waals surface area contributed by atoms with E-state index in [2.05, 4.69) is 74.6 Å². The third-order valence-corrected chi connectivity index (χ3v) is 4.36. The molecule has 1 atom stereocenters. The molecule has 0 bridgehead atoms. The van der Waals surface area contributed by atoms with Gasteiger partial charge in [-0.25, -0.2) is 3.11 Å². The van der Waals surface area contributed by atoms with Crippen molar-refractivity contribution in [2.24, 2.45) is 0 Å². The summed E-state index contributed by atoms with van der Waals surface area (Å²) in [6, 6.07) is 8.55. The van der Waals surface area contributed by atoms with E-state index in [1.807, 2.05) is 11.8 Å². The zero-order chi connectivity index (χ0) is 11.5. The second kappa shape index (κ2) is 5.57. The van der Waals surface area contributed by atoms with E-state index in [1.165, 1.54) is 10.6 Å². The quantitative estimate of drug-likeness (QED) is 0.664. The number of thioether (sulfide) groups is 1. The molecule has 1 aliphatic heterocycles.